The van der Waals surface area contributed by atoms with Gasteiger partial charge in [-0.25, -0.2) is 0 Å². The summed E-state index contributed by atoms with van der Waals surface area (Å²) in [7, 11) is 0. The van der Waals surface area contributed by atoms with Gasteiger partial charge in [0, 0.05) is 27.1 Å². The van der Waals surface area contributed by atoms with E-state index in [0.29, 0.717) is 0 Å². The second-order valence-electron chi connectivity index (χ2n) is 5.37. The first-order valence-electron chi connectivity index (χ1n) is 7.53. The van der Waals surface area contributed by atoms with E-state index in [4.69, 9.17) is 4.74 Å². The Hall–Kier alpha value is -1.16. The summed E-state index contributed by atoms with van der Waals surface area (Å²) in [5.41, 5.74) is 2.65. The third-order valence-electron chi connectivity index (χ3n) is 3.85. The molecule has 0 spiro atoms. The molecule has 0 N–H and O–H groups in total. The number of benzene rings is 2. The van der Waals surface area contributed by atoms with Crippen LogP contribution in [-0.2, 0) is 11.2 Å². The minimum absolute atomic E-state index is 0.122. The quantitative estimate of drug-likeness (QED) is 0.509. The SMILES string of the molecule is CCOC(Cc1cccc(Br)c1)c1sc2ccccc2c1C. The van der Waals surface area contributed by atoms with Crippen LogP contribution >= 0.6 is 27.3 Å². The number of rotatable bonds is 5. The lowest BCUT2D eigenvalue weighted by Crippen LogP contribution is -2.07. The summed E-state index contributed by atoms with van der Waals surface area (Å²) in [6.45, 7) is 5.00. The molecule has 1 heterocycles. The Morgan fingerprint density at radius 2 is 1.95 bits per heavy atom. The summed E-state index contributed by atoms with van der Waals surface area (Å²) in [4.78, 5) is 1.35. The van der Waals surface area contributed by atoms with Gasteiger partial charge < -0.3 is 4.74 Å². The molecule has 3 rings (SSSR count). The number of hydrogen-bond donors (Lipinski definition) is 0. The van der Waals surface area contributed by atoms with E-state index in [0.717, 1.165) is 17.5 Å². The van der Waals surface area contributed by atoms with Crippen molar-refractivity contribution in [3.8, 4) is 0 Å². The van der Waals surface area contributed by atoms with Crippen molar-refractivity contribution in [1.82, 2.24) is 0 Å². The minimum Gasteiger partial charge on any atom is -0.373 e. The molecule has 0 saturated heterocycles. The van der Waals surface area contributed by atoms with E-state index in [2.05, 4.69) is 78.3 Å². The smallest absolute Gasteiger partial charge is 0.0959 e. The normalized spacial score (nSPS) is 12.7. The predicted molar refractivity (Wildman–Crippen MR) is 98.8 cm³/mol. The van der Waals surface area contributed by atoms with E-state index in [1.165, 1.54) is 26.1 Å². The Morgan fingerprint density at radius 3 is 2.68 bits per heavy atom. The molecular formula is C19H19BrOS. The van der Waals surface area contributed by atoms with Gasteiger partial charge in [-0.05, 0) is 48.6 Å². The molecule has 1 atom stereocenters. The summed E-state index contributed by atoms with van der Waals surface area (Å²) in [6.07, 6.45) is 1.03. The standard InChI is InChI=1S/C19H19BrOS/c1-3-21-17(12-14-7-6-8-15(20)11-14)19-13(2)16-9-4-5-10-18(16)22-19/h4-11,17H,3,12H2,1-2H3. The zero-order valence-electron chi connectivity index (χ0n) is 12.8. The molecule has 3 aromatic rings. The Labute approximate surface area is 144 Å². The van der Waals surface area contributed by atoms with Gasteiger partial charge in [0.15, 0.2) is 0 Å². The van der Waals surface area contributed by atoms with Gasteiger partial charge in [0.25, 0.3) is 0 Å². The van der Waals surface area contributed by atoms with Crippen LogP contribution < -0.4 is 0 Å². The fourth-order valence-electron chi connectivity index (χ4n) is 2.81. The van der Waals surface area contributed by atoms with Gasteiger partial charge in [0.05, 0.1) is 6.10 Å². The van der Waals surface area contributed by atoms with Crippen LogP contribution in [0.2, 0.25) is 0 Å². The van der Waals surface area contributed by atoms with Gasteiger partial charge in [-0.15, -0.1) is 11.3 Å². The molecule has 0 aliphatic heterocycles. The van der Waals surface area contributed by atoms with E-state index in [1.807, 2.05) is 11.3 Å². The van der Waals surface area contributed by atoms with Crippen molar-refractivity contribution < 1.29 is 4.74 Å². The van der Waals surface area contributed by atoms with Gasteiger partial charge in [-0.3, -0.25) is 0 Å². The molecule has 0 amide bonds. The van der Waals surface area contributed by atoms with Gasteiger partial charge in [-0.2, -0.15) is 0 Å². The first-order chi connectivity index (χ1) is 10.7. The topological polar surface area (TPSA) is 9.23 Å². The van der Waals surface area contributed by atoms with Crippen molar-refractivity contribution in [3.63, 3.8) is 0 Å². The zero-order valence-corrected chi connectivity index (χ0v) is 15.2. The first-order valence-corrected chi connectivity index (χ1v) is 9.14. The molecule has 0 saturated carbocycles. The monoisotopic (exact) mass is 374 g/mol. The van der Waals surface area contributed by atoms with E-state index in [1.54, 1.807) is 0 Å². The summed E-state index contributed by atoms with van der Waals surface area (Å²) in [6, 6.07) is 17.1. The third kappa shape index (κ3) is 3.27. The van der Waals surface area contributed by atoms with Gasteiger partial charge in [0.1, 0.15) is 0 Å². The number of ether oxygens (including phenoxy) is 1. The molecule has 1 aromatic heterocycles. The fourth-order valence-corrected chi connectivity index (χ4v) is 4.51. The van der Waals surface area contributed by atoms with Crippen LogP contribution in [0.15, 0.2) is 53.0 Å². The first kappa shape index (κ1) is 15.7. The van der Waals surface area contributed by atoms with Crippen LogP contribution in [0.4, 0.5) is 0 Å². The molecule has 0 fully saturated rings. The highest BCUT2D eigenvalue weighted by Gasteiger charge is 2.19. The summed E-state index contributed by atoms with van der Waals surface area (Å²) >= 11 is 5.41. The average molecular weight is 375 g/mol. The largest absolute Gasteiger partial charge is 0.373 e. The summed E-state index contributed by atoms with van der Waals surface area (Å²) in [5.74, 6) is 0. The maximum absolute atomic E-state index is 6.08. The highest BCUT2D eigenvalue weighted by Crippen LogP contribution is 2.37. The lowest BCUT2D eigenvalue weighted by atomic mass is 10.0. The molecule has 22 heavy (non-hydrogen) atoms. The zero-order chi connectivity index (χ0) is 15.5. The lowest BCUT2D eigenvalue weighted by Gasteiger charge is -2.17. The van der Waals surface area contributed by atoms with Crippen molar-refractivity contribution in [3.05, 3.63) is 69.0 Å². The van der Waals surface area contributed by atoms with Crippen LogP contribution in [0, 0.1) is 6.92 Å². The molecule has 1 nitrogen and oxygen atoms in total. The van der Waals surface area contributed by atoms with Gasteiger partial charge in [-0.1, -0.05) is 46.3 Å². The fraction of sp³-hybridized carbons (Fsp3) is 0.263. The Bertz CT molecular complexity index is 778. The van der Waals surface area contributed by atoms with Crippen molar-refractivity contribution in [2.75, 3.05) is 6.61 Å². The molecule has 0 aliphatic rings. The van der Waals surface area contributed by atoms with E-state index < -0.39 is 0 Å². The number of hydrogen-bond acceptors (Lipinski definition) is 2. The number of halogens is 1. The van der Waals surface area contributed by atoms with E-state index in [9.17, 15) is 0 Å². The minimum atomic E-state index is 0.122. The Balaban J connectivity index is 1.97. The number of thiophene rings is 1. The molecule has 0 radical (unpaired) electrons. The number of fused-ring (bicyclic) bond motifs is 1. The maximum atomic E-state index is 6.08. The van der Waals surface area contributed by atoms with Crippen LogP contribution in [0.25, 0.3) is 10.1 Å². The average Bonchev–Trinajstić information content (AvgIpc) is 2.85. The van der Waals surface area contributed by atoms with Crippen LogP contribution in [-0.4, -0.2) is 6.61 Å². The predicted octanol–water partition coefficient (Wildman–Crippen LogP) is 6.29. The molecule has 1 unspecified atom stereocenters. The van der Waals surface area contributed by atoms with E-state index >= 15 is 0 Å². The van der Waals surface area contributed by atoms with Gasteiger partial charge >= 0.3 is 0 Å². The maximum Gasteiger partial charge on any atom is 0.0959 e. The van der Waals surface area contributed by atoms with Crippen molar-refractivity contribution >= 4 is 37.4 Å². The lowest BCUT2D eigenvalue weighted by molar-refractivity contribution is 0.0650. The van der Waals surface area contributed by atoms with Crippen LogP contribution in [0.5, 0.6) is 0 Å². The second-order valence-corrected chi connectivity index (χ2v) is 7.36. The molecule has 3 heteroatoms. The highest BCUT2D eigenvalue weighted by molar-refractivity contribution is 9.10. The Morgan fingerprint density at radius 1 is 1.14 bits per heavy atom. The molecule has 0 bridgehead atoms. The van der Waals surface area contributed by atoms with Gasteiger partial charge in [0.2, 0.25) is 0 Å². The molecule has 2 aromatic carbocycles. The van der Waals surface area contributed by atoms with Crippen molar-refractivity contribution in [2.24, 2.45) is 0 Å². The van der Waals surface area contributed by atoms with Crippen molar-refractivity contribution in [2.45, 2.75) is 26.4 Å². The van der Waals surface area contributed by atoms with Crippen LogP contribution in [0.3, 0.4) is 0 Å². The number of aryl methyl sites for hydroxylation is 1. The molecule has 0 aliphatic carbocycles. The van der Waals surface area contributed by atoms with Crippen molar-refractivity contribution in [1.29, 1.82) is 0 Å². The highest BCUT2D eigenvalue weighted by atomic mass is 79.9. The Kier molecular flexibility index (Phi) is 4.97. The second kappa shape index (κ2) is 6.95. The molecule has 114 valence electrons. The third-order valence-corrected chi connectivity index (χ3v) is 5.71. The van der Waals surface area contributed by atoms with E-state index in [-0.39, 0.29) is 6.10 Å². The van der Waals surface area contributed by atoms with Crippen LogP contribution in [0.1, 0.15) is 29.0 Å². The molecular weight excluding hydrogens is 356 g/mol. The summed E-state index contributed by atoms with van der Waals surface area (Å²) < 4.78 is 8.54. The summed E-state index contributed by atoms with van der Waals surface area (Å²) in [5, 5.41) is 1.35.